The summed E-state index contributed by atoms with van der Waals surface area (Å²) < 4.78 is 0. The topological polar surface area (TPSA) is 50.9 Å². The van der Waals surface area contributed by atoms with E-state index in [1.165, 1.54) is 5.56 Å². The largest absolute Gasteiger partial charge is 0.322 e. The lowest BCUT2D eigenvalue weighted by Gasteiger charge is -2.09. The van der Waals surface area contributed by atoms with Crippen LogP contribution in [0.25, 0.3) is 10.9 Å². The number of nitrogens with two attached hydrogens (primary N) is 1. The molecule has 2 aromatic rings. The van der Waals surface area contributed by atoms with Crippen molar-refractivity contribution < 1.29 is 0 Å². The number of nitrogens with zero attached hydrogens (tertiary/aromatic N) is 1. The van der Waals surface area contributed by atoms with E-state index in [0.717, 1.165) is 35.1 Å². The third kappa shape index (κ3) is 1.99. The third-order valence-corrected chi connectivity index (χ3v) is 2.69. The second-order valence-corrected chi connectivity index (χ2v) is 4.07. The first-order valence-corrected chi connectivity index (χ1v) is 5.61. The van der Waals surface area contributed by atoms with Crippen molar-refractivity contribution in [3.8, 4) is 0 Å². The lowest BCUT2D eigenvalue weighted by atomic mass is 10.1. The summed E-state index contributed by atoms with van der Waals surface area (Å²) in [5.74, 6) is 5.52. The summed E-state index contributed by atoms with van der Waals surface area (Å²) >= 11 is 0. The minimum Gasteiger partial charge on any atom is -0.322 e. The molecule has 0 aliphatic carbocycles. The lowest BCUT2D eigenvalue weighted by molar-refractivity contribution is 0.890. The van der Waals surface area contributed by atoms with Gasteiger partial charge in [0.2, 0.25) is 0 Å². The van der Waals surface area contributed by atoms with Crippen molar-refractivity contribution in [2.75, 3.05) is 5.43 Å². The fourth-order valence-electron chi connectivity index (χ4n) is 1.89. The minimum atomic E-state index is 0.931. The van der Waals surface area contributed by atoms with Gasteiger partial charge in [0.25, 0.3) is 0 Å². The van der Waals surface area contributed by atoms with Crippen LogP contribution in [0.3, 0.4) is 0 Å². The summed E-state index contributed by atoms with van der Waals surface area (Å²) in [5, 5.41) is 1.13. The molecule has 1 heterocycles. The van der Waals surface area contributed by atoms with Crippen molar-refractivity contribution in [1.82, 2.24) is 4.98 Å². The van der Waals surface area contributed by atoms with Crippen LogP contribution in [-0.4, -0.2) is 4.98 Å². The highest BCUT2D eigenvalue weighted by Crippen LogP contribution is 2.22. The molecular weight excluding hydrogens is 198 g/mol. The van der Waals surface area contributed by atoms with E-state index in [4.69, 9.17) is 5.84 Å². The van der Waals surface area contributed by atoms with Crippen LogP contribution in [0.15, 0.2) is 24.3 Å². The number of pyridine rings is 1. The van der Waals surface area contributed by atoms with Gasteiger partial charge in [-0.15, -0.1) is 0 Å². The normalized spacial score (nSPS) is 10.7. The van der Waals surface area contributed by atoms with E-state index in [2.05, 4.69) is 48.5 Å². The molecule has 0 radical (unpaired) electrons. The van der Waals surface area contributed by atoms with E-state index >= 15 is 0 Å². The molecule has 0 atom stereocenters. The Hall–Kier alpha value is -1.61. The molecule has 84 valence electrons. The van der Waals surface area contributed by atoms with Gasteiger partial charge in [-0.25, -0.2) is 0 Å². The summed E-state index contributed by atoms with van der Waals surface area (Å²) in [6.45, 7) is 4.22. The average Bonchev–Trinajstić information content (AvgIpc) is 2.29. The van der Waals surface area contributed by atoms with Crippen LogP contribution in [0.1, 0.15) is 24.6 Å². The fourth-order valence-corrected chi connectivity index (χ4v) is 1.89. The van der Waals surface area contributed by atoms with E-state index in [-0.39, 0.29) is 0 Å². The molecule has 3 heteroatoms. The highest BCUT2D eigenvalue weighted by molar-refractivity contribution is 5.83. The predicted octanol–water partition coefficient (Wildman–Crippen LogP) is 2.78. The van der Waals surface area contributed by atoms with E-state index in [0.29, 0.717) is 0 Å². The number of hydrogen-bond donors (Lipinski definition) is 2. The second kappa shape index (κ2) is 4.49. The first kappa shape index (κ1) is 10.9. The quantitative estimate of drug-likeness (QED) is 0.611. The Kier molecular flexibility index (Phi) is 3.06. The maximum Gasteiger partial charge on any atom is 0.0708 e. The lowest BCUT2D eigenvalue weighted by Crippen LogP contribution is -2.10. The molecule has 16 heavy (non-hydrogen) atoms. The van der Waals surface area contributed by atoms with Gasteiger partial charge >= 0.3 is 0 Å². The summed E-state index contributed by atoms with van der Waals surface area (Å²) in [6, 6.07) is 8.34. The number of benzene rings is 1. The maximum atomic E-state index is 5.52. The number of fused-ring (bicyclic) bond motifs is 1. The molecule has 0 saturated heterocycles. The molecule has 1 aromatic carbocycles. The van der Waals surface area contributed by atoms with Crippen LogP contribution in [0, 0.1) is 6.92 Å². The number of nitrogens with one attached hydrogen (secondary N) is 1. The molecule has 1 aromatic heterocycles. The zero-order valence-corrected chi connectivity index (χ0v) is 9.75. The van der Waals surface area contributed by atoms with Gasteiger partial charge in [-0.2, -0.15) is 0 Å². The van der Waals surface area contributed by atoms with Crippen LogP contribution in [0.5, 0.6) is 0 Å². The zero-order valence-electron chi connectivity index (χ0n) is 9.75. The van der Waals surface area contributed by atoms with Crippen LogP contribution < -0.4 is 11.3 Å². The van der Waals surface area contributed by atoms with Crippen molar-refractivity contribution in [1.29, 1.82) is 0 Å². The van der Waals surface area contributed by atoms with Crippen molar-refractivity contribution in [3.63, 3.8) is 0 Å². The Balaban J connectivity index is 2.60. The number of rotatable bonds is 3. The number of nitrogen functional groups attached to an aromatic ring is 1. The Morgan fingerprint density at radius 3 is 2.81 bits per heavy atom. The van der Waals surface area contributed by atoms with Crippen molar-refractivity contribution in [2.24, 2.45) is 5.84 Å². The Morgan fingerprint density at radius 1 is 1.31 bits per heavy atom. The Morgan fingerprint density at radius 2 is 2.12 bits per heavy atom. The molecule has 3 nitrogen and oxygen atoms in total. The first-order chi connectivity index (χ1) is 7.74. The van der Waals surface area contributed by atoms with Gasteiger partial charge < -0.3 is 5.43 Å². The van der Waals surface area contributed by atoms with E-state index in [9.17, 15) is 0 Å². The molecule has 0 aliphatic rings. The maximum absolute atomic E-state index is 5.52. The summed E-state index contributed by atoms with van der Waals surface area (Å²) in [5.41, 5.74) is 6.97. The Bertz CT molecular complexity index is 506. The number of anilines is 1. The fraction of sp³-hybridized carbons (Fsp3) is 0.308. The SMILES string of the molecule is CCCc1nc2ccc(C)cc2cc1NN. The van der Waals surface area contributed by atoms with Gasteiger partial charge in [0.05, 0.1) is 16.9 Å². The van der Waals surface area contributed by atoms with Crippen LogP contribution >= 0.6 is 0 Å². The highest BCUT2D eigenvalue weighted by atomic mass is 15.2. The molecule has 0 spiro atoms. The van der Waals surface area contributed by atoms with Crippen LogP contribution in [0.2, 0.25) is 0 Å². The second-order valence-electron chi connectivity index (χ2n) is 4.07. The summed E-state index contributed by atoms with van der Waals surface area (Å²) in [6.07, 6.45) is 2.02. The molecule has 0 fully saturated rings. The average molecular weight is 215 g/mol. The molecule has 0 unspecified atom stereocenters. The van der Waals surface area contributed by atoms with E-state index in [1.807, 2.05) is 0 Å². The van der Waals surface area contributed by atoms with E-state index in [1.54, 1.807) is 0 Å². The summed E-state index contributed by atoms with van der Waals surface area (Å²) in [7, 11) is 0. The third-order valence-electron chi connectivity index (χ3n) is 2.69. The smallest absolute Gasteiger partial charge is 0.0708 e. The van der Waals surface area contributed by atoms with Gasteiger partial charge in [0.15, 0.2) is 0 Å². The number of hydrogen-bond acceptors (Lipinski definition) is 3. The number of aryl methyl sites for hydroxylation is 2. The first-order valence-electron chi connectivity index (χ1n) is 5.61. The van der Waals surface area contributed by atoms with E-state index < -0.39 is 0 Å². The van der Waals surface area contributed by atoms with Gasteiger partial charge in [-0.05, 0) is 31.5 Å². The molecule has 3 N–H and O–H groups in total. The molecular formula is C13H17N3. The number of aromatic nitrogens is 1. The Labute approximate surface area is 95.7 Å². The van der Waals surface area contributed by atoms with Crippen molar-refractivity contribution in [2.45, 2.75) is 26.7 Å². The van der Waals surface area contributed by atoms with Crippen LogP contribution in [0.4, 0.5) is 5.69 Å². The number of hydrazine groups is 1. The summed E-state index contributed by atoms with van der Waals surface area (Å²) in [4.78, 5) is 4.63. The van der Waals surface area contributed by atoms with Crippen LogP contribution in [-0.2, 0) is 6.42 Å². The zero-order chi connectivity index (χ0) is 11.5. The molecule has 0 amide bonds. The van der Waals surface area contributed by atoms with Crippen molar-refractivity contribution in [3.05, 3.63) is 35.5 Å². The predicted molar refractivity (Wildman–Crippen MR) is 68.3 cm³/mol. The molecule has 2 rings (SSSR count). The van der Waals surface area contributed by atoms with Crippen molar-refractivity contribution >= 4 is 16.6 Å². The highest BCUT2D eigenvalue weighted by Gasteiger charge is 2.05. The van der Waals surface area contributed by atoms with Gasteiger partial charge in [-0.3, -0.25) is 10.8 Å². The molecule has 0 saturated carbocycles. The standard InChI is InChI=1S/C13H17N3/c1-3-4-12-13(16-14)8-10-7-9(2)5-6-11(10)15-12/h5-8,16H,3-4,14H2,1-2H3. The minimum absolute atomic E-state index is 0.931. The van der Waals surface area contributed by atoms with Gasteiger partial charge in [-0.1, -0.05) is 25.0 Å². The molecule has 0 aliphatic heterocycles. The molecule has 0 bridgehead atoms. The van der Waals surface area contributed by atoms with Gasteiger partial charge in [0, 0.05) is 5.39 Å². The monoisotopic (exact) mass is 215 g/mol. The van der Waals surface area contributed by atoms with Gasteiger partial charge in [0.1, 0.15) is 0 Å².